The van der Waals surface area contributed by atoms with Crippen LogP contribution in [0.4, 0.5) is 0 Å². The summed E-state index contributed by atoms with van der Waals surface area (Å²) in [5.74, 6) is 1.29. The van der Waals surface area contributed by atoms with E-state index in [1.807, 2.05) is 0 Å². The molecule has 1 aliphatic rings. The van der Waals surface area contributed by atoms with Crippen LogP contribution in [0.15, 0.2) is 34.1 Å². The Bertz CT molecular complexity index is 707. The summed E-state index contributed by atoms with van der Waals surface area (Å²) in [5.41, 5.74) is 0.811. The fourth-order valence-corrected chi connectivity index (χ4v) is 3.10. The van der Waals surface area contributed by atoms with Gasteiger partial charge in [0.25, 0.3) is 5.56 Å². The van der Waals surface area contributed by atoms with E-state index in [4.69, 9.17) is 4.42 Å². The Morgan fingerprint density at radius 2 is 2.00 bits per heavy atom. The van der Waals surface area contributed by atoms with Gasteiger partial charge in [0.1, 0.15) is 6.26 Å². The van der Waals surface area contributed by atoms with Crippen LogP contribution in [0.2, 0.25) is 0 Å². The highest BCUT2D eigenvalue weighted by molar-refractivity contribution is 5.10. The molecule has 1 aliphatic heterocycles. The van der Waals surface area contributed by atoms with Crippen LogP contribution in [-0.4, -0.2) is 32.5 Å². The van der Waals surface area contributed by atoms with Crippen LogP contribution >= 0.6 is 0 Å². The fourth-order valence-electron chi connectivity index (χ4n) is 3.10. The monoisotopic (exact) mass is 330 g/mol. The Labute approximate surface area is 142 Å². The predicted molar refractivity (Wildman–Crippen MR) is 91.7 cm³/mol. The van der Waals surface area contributed by atoms with Gasteiger partial charge in [-0.25, -0.2) is 9.97 Å². The molecule has 3 heterocycles. The van der Waals surface area contributed by atoms with Crippen molar-refractivity contribution in [3.05, 3.63) is 46.8 Å². The van der Waals surface area contributed by atoms with E-state index in [2.05, 4.69) is 35.6 Å². The Morgan fingerprint density at radius 1 is 1.25 bits per heavy atom. The van der Waals surface area contributed by atoms with Crippen LogP contribution in [0.3, 0.4) is 0 Å². The Kier molecular flexibility index (Phi) is 4.85. The molecular formula is C18H26N4O2. The van der Waals surface area contributed by atoms with E-state index in [0.717, 1.165) is 50.6 Å². The molecule has 0 bridgehead atoms. The number of nitrogens with zero attached hydrogens (tertiary/aromatic N) is 4. The highest BCUT2D eigenvalue weighted by atomic mass is 16.3. The molecule has 1 saturated heterocycles. The maximum Gasteiger partial charge on any atom is 0.253 e. The van der Waals surface area contributed by atoms with Gasteiger partial charge in [-0.15, -0.1) is 0 Å². The SMILES string of the molecule is CC(C)(C)c1cc(=O)n(CC2CCN(Cc3ncco3)CC2)cn1. The van der Waals surface area contributed by atoms with Crippen molar-refractivity contribution in [3.63, 3.8) is 0 Å². The number of aromatic nitrogens is 3. The van der Waals surface area contributed by atoms with E-state index in [-0.39, 0.29) is 11.0 Å². The first-order chi connectivity index (χ1) is 11.4. The molecule has 0 radical (unpaired) electrons. The largest absolute Gasteiger partial charge is 0.448 e. The molecule has 0 N–H and O–H groups in total. The van der Waals surface area contributed by atoms with Gasteiger partial charge in [0.2, 0.25) is 5.89 Å². The van der Waals surface area contributed by atoms with Crippen LogP contribution in [0, 0.1) is 5.92 Å². The van der Waals surface area contributed by atoms with Gasteiger partial charge in [-0.1, -0.05) is 20.8 Å². The zero-order valence-corrected chi connectivity index (χ0v) is 14.7. The number of rotatable bonds is 4. The van der Waals surface area contributed by atoms with E-state index >= 15 is 0 Å². The first-order valence-corrected chi connectivity index (χ1v) is 8.59. The standard InChI is InChI=1S/C18H26N4O2/c1-18(2,3)15-10-17(23)22(13-20-15)11-14-4-7-21(8-5-14)12-16-19-6-9-24-16/h6,9-10,13-14H,4-5,7-8,11-12H2,1-3H3. The minimum absolute atomic E-state index is 0.0529. The zero-order chi connectivity index (χ0) is 17.2. The van der Waals surface area contributed by atoms with Gasteiger partial charge in [-0.05, 0) is 31.8 Å². The molecular weight excluding hydrogens is 304 g/mol. The van der Waals surface area contributed by atoms with E-state index < -0.39 is 0 Å². The number of oxazole rings is 1. The van der Waals surface area contributed by atoms with Crippen molar-refractivity contribution in [2.75, 3.05) is 13.1 Å². The second-order valence-corrected chi connectivity index (χ2v) is 7.66. The molecule has 0 unspecified atom stereocenters. The van der Waals surface area contributed by atoms with Crippen molar-refractivity contribution in [1.29, 1.82) is 0 Å². The summed E-state index contributed by atoms with van der Waals surface area (Å²) in [5, 5.41) is 0. The minimum Gasteiger partial charge on any atom is -0.448 e. The Balaban J connectivity index is 1.55. The maximum absolute atomic E-state index is 12.3. The number of likely N-dealkylation sites (tertiary alicyclic amines) is 1. The molecule has 6 nitrogen and oxygen atoms in total. The summed E-state index contributed by atoms with van der Waals surface area (Å²) >= 11 is 0. The smallest absolute Gasteiger partial charge is 0.253 e. The van der Waals surface area contributed by atoms with E-state index in [9.17, 15) is 4.79 Å². The second kappa shape index (κ2) is 6.89. The topological polar surface area (TPSA) is 64.2 Å². The van der Waals surface area contributed by atoms with Crippen LogP contribution in [0.5, 0.6) is 0 Å². The highest BCUT2D eigenvalue weighted by Gasteiger charge is 2.22. The van der Waals surface area contributed by atoms with E-state index in [1.165, 1.54) is 0 Å². The zero-order valence-electron chi connectivity index (χ0n) is 14.7. The van der Waals surface area contributed by atoms with Crippen LogP contribution < -0.4 is 5.56 Å². The lowest BCUT2D eigenvalue weighted by molar-refractivity contribution is 0.154. The van der Waals surface area contributed by atoms with Crippen LogP contribution in [0.25, 0.3) is 0 Å². The third-order valence-electron chi connectivity index (χ3n) is 4.65. The molecule has 0 spiro atoms. The van der Waals surface area contributed by atoms with E-state index in [0.29, 0.717) is 5.92 Å². The van der Waals surface area contributed by atoms with Crippen molar-refractivity contribution < 1.29 is 4.42 Å². The first-order valence-electron chi connectivity index (χ1n) is 8.59. The van der Waals surface area contributed by atoms with Crippen LogP contribution in [0.1, 0.15) is 45.2 Å². The lowest BCUT2D eigenvalue weighted by Crippen LogP contribution is -2.36. The minimum atomic E-state index is -0.0938. The lowest BCUT2D eigenvalue weighted by atomic mass is 9.92. The summed E-state index contributed by atoms with van der Waals surface area (Å²) in [6.45, 7) is 9.75. The van der Waals surface area contributed by atoms with Crippen LogP contribution in [-0.2, 0) is 18.5 Å². The number of hydrogen-bond acceptors (Lipinski definition) is 5. The Hall–Kier alpha value is -1.95. The normalized spacial score (nSPS) is 17.3. The molecule has 0 saturated carbocycles. The summed E-state index contributed by atoms with van der Waals surface area (Å²) in [7, 11) is 0. The average Bonchev–Trinajstić information content (AvgIpc) is 3.03. The molecule has 0 atom stereocenters. The number of piperidine rings is 1. The molecule has 130 valence electrons. The summed E-state index contributed by atoms with van der Waals surface area (Å²) in [4.78, 5) is 23.3. The van der Waals surface area contributed by atoms with E-state index in [1.54, 1.807) is 29.4 Å². The molecule has 0 aliphatic carbocycles. The fraction of sp³-hybridized carbons (Fsp3) is 0.611. The van der Waals surface area contributed by atoms with Crippen molar-refractivity contribution in [2.45, 2.75) is 52.1 Å². The van der Waals surface area contributed by atoms with Gasteiger partial charge in [-0.3, -0.25) is 14.3 Å². The molecule has 24 heavy (non-hydrogen) atoms. The van der Waals surface area contributed by atoms with Gasteiger partial charge in [0.15, 0.2) is 0 Å². The number of hydrogen-bond donors (Lipinski definition) is 0. The van der Waals surface area contributed by atoms with Crippen molar-refractivity contribution >= 4 is 0 Å². The third kappa shape index (κ3) is 4.12. The van der Waals surface area contributed by atoms with Crippen molar-refractivity contribution in [2.24, 2.45) is 5.92 Å². The lowest BCUT2D eigenvalue weighted by Gasteiger charge is -2.31. The highest BCUT2D eigenvalue weighted by Crippen LogP contribution is 2.21. The van der Waals surface area contributed by atoms with Crippen molar-refractivity contribution in [3.8, 4) is 0 Å². The second-order valence-electron chi connectivity index (χ2n) is 7.66. The first kappa shape index (κ1) is 16.9. The van der Waals surface area contributed by atoms with Gasteiger partial charge >= 0.3 is 0 Å². The Morgan fingerprint density at radius 3 is 2.58 bits per heavy atom. The van der Waals surface area contributed by atoms with Gasteiger partial charge in [-0.2, -0.15) is 0 Å². The molecule has 0 aromatic carbocycles. The average molecular weight is 330 g/mol. The van der Waals surface area contributed by atoms with Gasteiger partial charge in [0.05, 0.1) is 24.8 Å². The van der Waals surface area contributed by atoms with Gasteiger partial charge < -0.3 is 4.42 Å². The van der Waals surface area contributed by atoms with Gasteiger partial charge in [0, 0.05) is 18.0 Å². The molecule has 0 amide bonds. The molecule has 2 aromatic heterocycles. The quantitative estimate of drug-likeness (QED) is 0.861. The predicted octanol–water partition coefficient (Wildman–Crippen LogP) is 2.44. The van der Waals surface area contributed by atoms with Crippen molar-refractivity contribution in [1.82, 2.24) is 19.4 Å². The summed E-state index contributed by atoms with van der Waals surface area (Å²) in [6, 6.07) is 1.68. The molecule has 1 fully saturated rings. The summed E-state index contributed by atoms with van der Waals surface area (Å²) in [6.07, 6.45) is 7.16. The molecule has 6 heteroatoms. The molecule has 2 aromatic rings. The summed E-state index contributed by atoms with van der Waals surface area (Å²) < 4.78 is 7.06. The third-order valence-corrected chi connectivity index (χ3v) is 4.65. The maximum atomic E-state index is 12.3. The molecule has 3 rings (SSSR count).